The predicted molar refractivity (Wildman–Crippen MR) is 133 cm³/mol. The summed E-state index contributed by atoms with van der Waals surface area (Å²) in [6, 6.07) is 36.9. The minimum Gasteiger partial charge on any atom is -0.478 e. The molecule has 0 bridgehead atoms. The number of aliphatic carboxylic acids is 1. The lowest BCUT2D eigenvalue weighted by molar-refractivity contribution is -0.131. The summed E-state index contributed by atoms with van der Waals surface area (Å²) in [7, 11) is 0. The molecule has 0 fully saturated rings. The lowest BCUT2D eigenvalue weighted by Crippen LogP contribution is -2.09. The number of rotatable bonds is 7. The Morgan fingerprint density at radius 1 is 0.531 bits per heavy atom. The molecule has 4 aromatic carbocycles. The predicted octanol–water partition coefficient (Wildman–Crippen LogP) is 7.42. The molecule has 0 saturated carbocycles. The van der Waals surface area contributed by atoms with Crippen LogP contribution in [0.4, 0.5) is 17.1 Å². The number of carboxylic acids is 1. The molecule has 156 valence electrons. The lowest BCUT2D eigenvalue weighted by atomic mass is 10.1. The van der Waals surface area contributed by atoms with E-state index in [0.29, 0.717) is 0 Å². The summed E-state index contributed by atoms with van der Waals surface area (Å²) in [5, 5.41) is 8.72. The van der Waals surface area contributed by atoms with Crippen molar-refractivity contribution in [3.8, 4) is 0 Å². The van der Waals surface area contributed by atoms with Gasteiger partial charge in [-0.1, -0.05) is 84.9 Å². The third-order valence-electron chi connectivity index (χ3n) is 5.00. The van der Waals surface area contributed by atoms with Crippen molar-refractivity contribution < 1.29 is 9.90 Å². The Kier molecular flexibility index (Phi) is 6.59. The van der Waals surface area contributed by atoms with Gasteiger partial charge in [0.1, 0.15) is 0 Å². The van der Waals surface area contributed by atoms with Crippen LogP contribution in [-0.2, 0) is 4.79 Å². The summed E-state index contributed by atoms with van der Waals surface area (Å²) in [6.07, 6.45) is 6.84. The molecule has 3 heteroatoms. The summed E-state index contributed by atoms with van der Waals surface area (Å²) < 4.78 is 0. The molecule has 0 atom stereocenters. The van der Waals surface area contributed by atoms with E-state index in [-0.39, 0.29) is 0 Å². The maximum Gasteiger partial charge on any atom is 0.328 e. The quantitative estimate of drug-likeness (QED) is 0.251. The molecular formula is C29H23NO2. The van der Waals surface area contributed by atoms with E-state index < -0.39 is 5.97 Å². The van der Waals surface area contributed by atoms with Crippen LogP contribution < -0.4 is 4.90 Å². The molecule has 0 aliphatic carbocycles. The first-order valence-corrected chi connectivity index (χ1v) is 10.4. The number of nitrogens with zero attached hydrogens (tertiary/aromatic N) is 1. The average Bonchev–Trinajstić information content (AvgIpc) is 2.84. The molecule has 4 aromatic rings. The van der Waals surface area contributed by atoms with Gasteiger partial charge < -0.3 is 10.0 Å². The minimum atomic E-state index is -0.949. The van der Waals surface area contributed by atoms with Gasteiger partial charge in [0, 0.05) is 23.1 Å². The Bertz CT molecular complexity index is 1170. The number of carbonyl (C=O) groups is 1. The van der Waals surface area contributed by atoms with Gasteiger partial charge in [0.25, 0.3) is 0 Å². The molecule has 0 spiro atoms. The van der Waals surface area contributed by atoms with E-state index in [0.717, 1.165) is 39.8 Å². The van der Waals surface area contributed by atoms with Gasteiger partial charge in [0.2, 0.25) is 0 Å². The van der Waals surface area contributed by atoms with E-state index in [1.165, 1.54) is 0 Å². The molecule has 0 radical (unpaired) electrons. The Morgan fingerprint density at radius 3 is 1.34 bits per heavy atom. The van der Waals surface area contributed by atoms with Crippen molar-refractivity contribution in [2.75, 3.05) is 4.90 Å². The van der Waals surface area contributed by atoms with Crippen LogP contribution in [0.2, 0.25) is 0 Å². The van der Waals surface area contributed by atoms with Crippen LogP contribution in [0.5, 0.6) is 0 Å². The number of benzene rings is 4. The van der Waals surface area contributed by atoms with Crippen LogP contribution in [0.25, 0.3) is 18.2 Å². The first-order chi connectivity index (χ1) is 15.7. The fourth-order valence-corrected chi connectivity index (χ4v) is 3.41. The van der Waals surface area contributed by atoms with Crippen LogP contribution >= 0.6 is 0 Å². The fourth-order valence-electron chi connectivity index (χ4n) is 3.41. The van der Waals surface area contributed by atoms with E-state index in [4.69, 9.17) is 5.11 Å². The van der Waals surface area contributed by atoms with Gasteiger partial charge in [-0.25, -0.2) is 4.79 Å². The zero-order chi connectivity index (χ0) is 22.2. The van der Waals surface area contributed by atoms with Crippen molar-refractivity contribution in [2.24, 2.45) is 0 Å². The highest BCUT2D eigenvalue weighted by molar-refractivity contribution is 5.85. The minimum absolute atomic E-state index is 0.857. The molecule has 0 saturated heterocycles. The molecule has 32 heavy (non-hydrogen) atoms. The zero-order valence-electron chi connectivity index (χ0n) is 17.5. The van der Waals surface area contributed by atoms with Gasteiger partial charge in [-0.2, -0.15) is 0 Å². The van der Waals surface area contributed by atoms with Crippen LogP contribution in [0.1, 0.15) is 16.7 Å². The highest BCUT2D eigenvalue weighted by atomic mass is 16.4. The Morgan fingerprint density at radius 2 is 0.906 bits per heavy atom. The van der Waals surface area contributed by atoms with E-state index in [1.807, 2.05) is 66.7 Å². The van der Waals surface area contributed by atoms with E-state index in [1.54, 1.807) is 6.08 Å². The van der Waals surface area contributed by atoms with Gasteiger partial charge in [-0.15, -0.1) is 0 Å². The molecule has 0 aliphatic rings. The first-order valence-electron chi connectivity index (χ1n) is 10.4. The molecule has 0 unspecified atom stereocenters. The zero-order valence-corrected chi connectivity index (χ0v) is 17.5. The lowest BCUT2D eigenvalue weighted by Gasteiger charge is -2.25. The van der Waals surface area contributed by atoms with Crippen LogP contribution in [0.15, 0.2) is 115 Å². The van der Waals surface area contributed by atoms with E-state index >= 15 is 0 Å². The highest BCUT2D eigenvalue weighted by Crippen LogP contribution is 2.34. The normalized spacial score (nSPS) is 11.1. The number of hydrogen-bond acceptors (Lipinski definition) is 2. The van der Waals surface area contributed by atoms with Crippen LogP contribution in [-0.4, -0.2) is 11.1 Å². The van der Waals surface area contributed by atoms with Crippen molar-refractivity contribution in [3.63, 3.8) is 0 Å². The fraction of sp³-hybridized carbons (Fsp3) is 0. The molecule has 0 heterocycles. The topological polar surface area (TPSA) is 40.5 Å². The van der Waals surface area contributed by atoms with Gasteiger partial charge in [-0.3, -0.25) is 0 Å². The largest absolute Gasteiger partial charge is 0.478 e. The second-order valence-electron chi connectivity index (χ2n) is 7.27. The third-order valence-corrected chi connectivity index (χ3v) is 5.00. The summed E-state index contributed by atoms with van der Waals surface area (Å²) >= 11 is 0. The summed E-state index contributed by atoms with van der Waals surface area (Å²) in [5.74, 6) is -0.949. The standard InChI is InChI=1S/C29H23NO2/c31-29(32)22-19-24-14-11-23(12-15-24)13-16-25-17-20-28(21-18-25)30(26-7-3-1-4-8-26)27-9-5-2-6-10-27/h1-22H,(H,31,32). The van der Waals surface area contributed by atoms with E-state index in [2.05, 4.69) is 59.5 Å². The summed E-state index contributed by atoms with van der Waals surface area (Å²) in [4.78, 5) is 12.9. The van der Waals surface area contributed by atoms with Crippen molar-refractivity contribution in [1.82, 2.24) is 0 Å². The van der Waals surface area contributed by atoms with Gasteiger partial charge >= 0.3 is 5.97 Å². The monoisotopic (exact) mass is 417 g/mol. The Balaban J connectivity index is 1.53. The Labute approximate surface area is 188 Å². The maximum atomic E-state index is 10.6. The van der Waals surface area contributed by atoms with Crippen molar-refractivity contribution in [1.29, 1.82) is 0 Å². The van der Waals surface area contributed by atoms with Gasteiger partial charge in [0.05, 0.1) is 0 Å². The molecule has 0 amide bonds. The number of hydrogen-bond donors (Lipinski definition) is 1. The second-order valence-corrected chi connectivity index (χ2v) is 7.27. The highest BCUT2D eigenvalue weighted by Gasteiger charge is 2.11. The molecule has 4 rings (SSSR count). The number of anilines is 3. The number of para-hydroxylation sites is 2. The average molecular weight is 418 g/mol. The number of carboxylic acid groups (broad SMARTS) is 1. The second kappa shape index (κ2) is 10.1. The first kappa shape index (κ1) is 20.9. The maximum absolute atomic E-state index is 10.6. The SMILES string of the molecule is O=C(O)C=Cc1ccc(C=Cc2ccc(N(c3ccccc3)c3ccccc3)cc2)cc1. The van der Waals surface area contributed by atoms with Crippen molar-refractivity contribution >= 4 is 41.3 Å². The molecule has 3 nitrogen and oxygen atoms in total. The van der Waals surface area contributed by atoms with E-state index in [9.17, 15) is 4.79 Å². The molecule has 0 aromatic heterocycles. The molecular weight excluding hydrogens is 394 g/mol. The molecule has 0 aliphatic heterocycles. The van der Waals surface area contributed by atoms with Crippen molar-refractivity contribution in [2.45, 2.75) is 0 Å². The van der Waals surface area contributed by atoms with Gasteiger partial charge in [0.15, 0.2) is 0 Å². The van der Waals surface area contributed by atoms with Crippen LogP contribution in [0.3, 0.4) is 0 Å². The summed E-state index contributed by atoms with van der Waals surface area (Å²) in [5.41, 5.74) is 6.32. The van der Waals surface area contributed by atoms with Gasteiger partial charge in [-0.05, 0) is 59.2 Å². The van der Waals surface area contributed by atoms with Crippen LogP contribution in [0, 0.1) is 0 Å². The summed E-state index contributed by atoms with van der Waals surface area (Å²) in [6.45, 7) is 0. The third kappa shape index (κ3) is 5.41. The smallest absolute Gasteiger partial charge is 0.328 e. The molecule has 1 N–H and O–H groups in total. The van der Waals surface area contributed by atoms with Crippen molar-refractivity contribution in [3.05, 3.63) is 132 Å². The Hall–Kier alpha value is -4.37.